The molecule has 0 bridgehead atoms. The molecule has 2 saturated heterocycles. The SMILES string of the molecule is CC(C)[C@@]1(OCc2ccccc2)C[N@+]2(Cc3ccccc3)CC[C@@H]3CC[C@H]1[C@@]32C.[Br-]. The summed E-state index contributed by atoms with van der Waals surface area (Å²) in [6.45, 7) is 11.8. The summed E-state index contributed by atoms with van der Waals surface area (Å²) < 4.78 is 8.25. The maximum Gasteiger partial charge on any atom is 0.128 e. The number of nitrogens with zero attached hydrogens (tertiary/aromatic N) is 1. The van der Waals surface area contributed by atoms with Gasteiger partial charge in [0.2, 0.25) is 0 Å². The fraction of sp³-hybridized carbons (Fsp3) is 0.556. The number of hydrogen-bond donors (Lipinski definition) is 0. The predicted octanol–water partition coefficient (Wildman–Crippen LogP) is 2.82. The van der Waals surface area contributed by atoms with Crippen LogP contribution in [-0.2, 0) is 17.9 Å². The summed E-state index contributed by atoms with van der Waals surface area (Å²) in [5.41, 5.74) is 3.13. The monoisotopic (exact) mass is 469 g/mol. The second kappa shape index (κ2) is 8.07. The first-order valence-electron chi connectivity index (χ1n) is 11.6. The molecule has 0 unspecified atom stereocenters. The minimum Gasteiger partial charge on any atom is -1.00 e. The van der Waals surface area contributed by atoms with Crippen LogP contribution in [0.4, 0.5) is 0 Å². The zero-order valence-corrected chi connectivity index (χ0v) is 20.3. The molecule has 2 heterocycles. The Morgan fingerprint density at radius 1 is 0.933 bits per heavy atom. The largest absolute Gasteiger partial charge is 1.00 e. The van der Waals surface area contributed by atoms with Crippen LogP contribution in [0.25, 0.3) is 0 Å². The molecule has 0 spiro atoms. The van der Waals surface area contributed by atoms with Crippen molar-refractivity contribution in [3.63, 3.8) is 0 Å². The van der Waals surface area contributed by atoms with Gasteiger partial charge in [-0.2, -0.15) is 0 Å². The highest BCUT2D eigenvalue weighted by Gasteiger charge is 2.76. The Morgan fingerprint density at radius 2 is 1.57 bits per heavy atom. The van der Waals surface area contributed by atoms with Gasteiger partial charge in [-0.05, 0) is 31.2 Å². The molecule has 3 heteroatoms. The van der Waals surface area contributed by atoms with Crippen molar-refractivity contribution in [1.29, 1.82) is 0 Å². The van der Waals surface area contributed by atoms with Crippen LogP contribution in [0.2, 0.25) is 0 Å². The normalized spacial score (nSPS) is 36.7. The van der Waals surface area contributed by atoms with Crippen LogP contribution in [0.5, 0.6) is 0 Å². The molecule has 2 aromatic carbocycles. The lowest BCUT2D eigenvalue weighted by atomic mass is 9.73. The Balaban J connectivity index is 0.00000218. The van der Waals surface area contributed by atoms with Gasteiger partial charge in [0.1, 0.15) is 24.2 Å². The highest BCUT2D eigenvalue weighted by atomic mass is 79.9. The van der Waals surface area contributed by atoms with Gasteiger partial charge in [0.05, 0.1) is 13.2 Å². The minimum atomic E-state index is -0.0193. The Labute approximate surface area is 193 Å². The summed E-state index contributed by atoms with van der Waals surface area (Å²) in [7, 11) is 0. The summed E-state index contributed by atoms with van der Waals surface area (Å²) in [5, 5.41) is 0. The topological polar surface area (TPSA) is 9.23 Å². The first-order chi connectivity index (χ1) is 14.0. The van der Waals surface area contributed by atoms with Crippen LogP contribution >= 0.6 is 0 Å². The summed E-state index contributed by atoms with van der Waals surface area (Å²) >= 11 is 0. The number of halogens is 1. The van der Waals surface area contributed by atoms with E-state index in [9.17, 15) is 0 Å². The quantitative estimate of drug-likeness (QED) is 0.591. The van der Waals surface area contributed by atoms with Gasteiger partial charge >= 0.3 is 0 Å². The van der Waals surface area contributed by atoms with Crippen molar-refractivity contribution >= 4 is 0 Å². The van der Waals surface area contributed by atoms with Crippen LogP contribution in [0.15, 0.2) is 60.7 Å². The summed E-state index contributed by atoms with van der Waals surface area (Å²) in [4.78, 5) is 0. The number of benzene rings is 2. The van der Waals surface area contributed by atoms with Crippen LogP contribution in [0.1, 0.15) is 51.2 Å². The second-order valence-corrected chi connectivity index (χ2v) is 10.4. The zero-order valence-electron chi connectivity index (χ0n) is 18.7. The van der Waals surface area contributed by atoms with Gasteiger partial charge in [-0.15, -0.1) is 0 Å². The van der Waals surface area contributed by atoms with E-state index in [0.29, 0.717) is 17.4 Å². The third kappa shape index (κ3) is 3.12. The summed E-state index contributed by atoms with van der Waals surface area (Å²) in [6, 6.07) is 22.0. The van der Waals surface area contributed by atoms with Gasteiger partial charge in [0.15, 0.2) is 0 Å². The number of rotatable bonds is 6. The van der Waals surface area contributed by atoms with E-state index in [1.165, 1.54) is 48.0 Å². The van der Waals surface area contributed by atoms with Crippen molar-refractivity contribution in [2.45, 2.75) is 64.3 Å². The molecule has 5 atom stereocenters. The molecule has 5 rings (SSSR count). The molecule has 2 aliphatic heterocycles. The molecule has 0 aromatic heterocycles. The molecule has 0 N–H and O–H groups in total. The van der Waals surface area contributed by atoms with Crippen molar-refractivity contribution < 1.29 is 26.2 Å². The Morgan fingerprint density at radius 3 is 2.20 bits per heavy atom. The van der Waals surface area contributed by atoms with Crippen molar-refractivity contribution in [3.05, 3.63) is 71.8 Å². The fourth-order valence-electron chi connectivity index (χ4n) is 7.53. The van der Waals surface area contributed by atoms with Crippen LogP contribution < -0.4 is 17.0 Å². The third-order valence-electron chi connectivity index (χ3n) is 9.06. The van der Waals surface area contributed by atoms with E-state index < -0.39 is 0 Å². The van der Waals surface area contributed by atoms with E-state index >= 15 is 0 Å². The number of quaternary nitrogens is 1. The van der Waals surface area contributed by atoms with Gasteiger partial charge in [-0.1, -0.05) is 74.5 Å². The molecule has 0 radical (unpaired) electrons. The van der Waals surface area contributed by atoms with E-state index in [2.05, 4.69) is 81.4 Å². The Kier molecular flexibility index (Phi) is 5.93. The van der Waals surface area contributed by atoms with E-state index in [4.69, 9.17) is 4.74 Å². The minimum absolute atomic E-state index is 0. The first kappa shape index (κ1) is 22.0. The second-order valence-electron chi connectivity index (χ2n) is 10.4. The molecule has 162 valence electrons. The van der Waals surface area contributed by atoms with Crippen molar-refractivity contribution in [1.82, 2.24) is 0 Å². The van der Waals surface area contributed by atoms with Crippen molar-refractivity contribution in [3.8, 4) is 0 Å². The molecule has 2 aromatic rings. The maximum atomic E-state index is 7.02. The van der Waals surface area contributed by atoms with E-state index in [-0.39, 0.29) is 22.6 Å². The lowest BCUT2D eigenvalue weighted by Gasteiger charge is -2.43. The van der Waals surface area contributed by atoms with Crippen LogP contribution in [0, 0.1) is 17.8 Å². The smallest absolute Gasteiger partial charge is 0.128 e. The highest BCUT2D eigenvalue weighted by Crippen LogP contribution is 2.65. The fourth-order valence-corrected chi connectivity index (χ4v) is 7.53. The van der Waals surface area contributed by atoms with Crippen LogP contribution in [0.3, 0.4) is 0 Å². The van der Waals surface area contributed by atoms with E-state index in [1.54, 1.807) is 0 Å². The van der Waals surface area contributed by atoms with Gasteiger partial charge in [0.25, 0.3) is 0 Å². The van der Waals surface area contributed by atoms with Gasteiger partial charge in [-0.3, -0.25) is 0 Å². The standard InChI is InChI=1S/C27H36NO.BrH/c1-21(2)27(29-19-23-12-8-5-9-13-23)20-28(18-22-10-6-4-7-11-22)17-16-24-14-15-25(27)26(24,28)3;/h4-13,21,24-25H,14-20H2,1-3H3;1H/q+1;/p-1/t24-,25-,26+,27-,28+;/m0./s1. The number of ether oxygens (including phenoxy) is 1. The number of hydrogen-bond acceptors (Lipinski definition) is 1. The summed E-state index contributed by atoms with van der Waals surface area (Å²) in [6.07, 6.45) is 4.12. The molecule has 1 saturated carbocycles. The van der Waals surface area contributed by atoms with Gasteiger partial charge < -0.3 is 26.2 Å². The van der Waals surface area contributed by atoms with E-state index in [1.807, 2.05) is 0 Å². The first-order valence-corrected chi connectivity index (χ1v) is 11.6. The predicted molar refractivity (Wildman–Crippen MR) is 118 cm³/mol. The maximum absolute atomic E-state index is 7.02. The Hall–Kier alpha value is -1.16. The molecule has 0 amide bonds. The zero-order chi connectivity index (χ0) is 20.1. The molecule has 3 aliphatic rings. The molecule has 2 nitrogen and oxygen atoms in total. The molecule has 3 fully saturated rings. The van der Waals surface area contributed by atoms with Gasteiger partial charge in [0, 0.05) is 23.8 Å². The van der Waals surface area contributed by atoms with Crippen molar-refractivity contribution in [2.75, 3.05) is 13.1 Å². The average Bonchev–Trinajstić information content (AvgIpc) is 3.29. The van der Waals surface area contributed by atoms with Gasteiger partial charge in [-0.25, -0.2) is 0 Å². The van der Waals surface area contributed by atoms with Crippen LogP contribution in [-0.4, -0.2) is 28.7 Å². The lowest BCUT2D eigenvalue weighted by Crippen LogP contribution is -3.00. The molecular weight excluding hydrogens is 434 g/mol. The lowest BCUT2D eigenvalue weighted by molar-refractivity contribution is -0.967. The van der Waals surface area contributed by atoms with E-state index in [0.717, 1.165) is 19.1 Å². The average molecular weight is 470 g/mol. The third-order valence-corrected chi connectivity index (χ3v) is 9.06. The molecule has 1 aliphatic carbocycles. The highest BCUT2D eigenvalue weighted by molar-refractivity contribution is 5.19. The summed E-state index contributed by atoms with van der Waals surface area (Å²) in [5.74, 6) is 2.05. The van der Waals surface area contributed by atoms with Crippen molar-refractivity contribution in [2.24, 2.45) is 17.8 Å². The molecule has 30 heavy (non-hydrogen) atoms. The Bertz CT molecular complexity index is 856. The molecular formula is C27H36BrNO.